The highest BCUT2D eigenvalue weighted by atomic mass is 35.5. The van der Waals surface area contributed by atoms with Crippen LogP contribution in [0, 0.1) is 0 Å². The summed E-state index contributed by atoms with van der Waals surface area (Å²) in [5.41, 5.74) is -0.408. The Labute approximate surface area is 110 Å². The third-order valence-corrected chi connectivity index (χ3v) is 2.77. The Morgan fingerprint density at radius 3 is 2.53 bits per heavy atom. The van der Waals surface area contributed by atoms with Gasteiger partial charge in [0.1, 0.15) is 5.60 Å². The molecule has 1 heterocycles. The predicted octanol–water partition coefficient (Wildman–Crippen LogP) is 2.42. The Morgan fingerprint density at radius 2 is 1.94 bits per heavy atom. The molecule has 1 N–H and O–H groups in total. The molecule has 0 radical (unpaired) electrons. The maximum absolute atomic E-state index is 11.9. The molecule has 1 amide bonds. The van der Waals surface area contributed by atoms with Crippen molar-refractivity contribution in [3.63, 3.8) is 0 Å². The maximum atomic E-state index is 11.9. The van der Waals surface area contributed by atoms with Crippen LogP contribution in [0.2, 0.25) is 0 Å². The summed E-state index contributed by atoms with van der Waals surface area (Å²) in [5.74, 6) is 0. The van der Waals surface area contributed by atoms with Crippen LogP contribution < -0.4 is 5.32 Å². The minimum absolute atomic E-state index is 0. The van der Waals surface area contributed by atoms with E-state index < -0.39 is 5.60 Å². The summed E-state index contributed by atoms with van der Waals surface area (Å²) in [4.78, 5) is 13.6. The van der Waals surface area contributed by atoms with Crippen LogP contribution in [0.3, 0.4) is 0 Å². The van der Waals surface area contributed by atoms with Gasteiger partial charge in [0, 0.05) is 13.1 Å². The third kappa shape index (κ3) is 6.13. The smallest absolute Gasteiger partial charge is 0.410 e. The molecule has 1 fully saturated rings. The van der Waals surface area contributed by atoms with Gasteiger partial charge in [-0.1, -0.05) is 0 Å². The maximum Gasteiger partial charge on any atom is 0.410 e. The quantitative estimate of drug-likeness (QED) is 0.791. The van der Waals surface area contributed by atoms with Gasteiger partial charge in [0.15, 0.2) is 0 Å². The van der Waals surface area contributed by atoms with E-state index in [-0.39, 0.29) is 18.5 Å². The molecule has 1 aliphatic rings. The highest BCUT2D eigenvalue weighted by Crippen LogP contribution is 2.15. The number of carbonyl (C=O) groups excluding carboxylic acids is 1. The number of nitrogens with zero attached hydrogens (tertiary/aromatic N) is 1. The monoisotopic (exact) mass is 264 g/mol. The van der Waals surface area contributed by atoms with Crippen LogP contribution in [-0.4, -0.2) is 42.8 Å². The first-order chi connectivity index (χ1) is 7.40. The zero-order valence-electron chi connectivity index (χ0n) is 11.3. The second-order valence-electron chi connectivity index (χ2n) is 5.43. The lowest BCUT2D eigenvalue weighted by Crippen LogP contribution is -2.41. The van der Waals surface area contributed by atoms with Gasteiger partial charge < -0.3 is 15.0 Å². The van der Waals surface area contributed by atoms with Gasteiger partial charge in [-0.15, -0.1) is 12.4 Å². The number of rotatable bonds is 1. The van der Waals surface area contributed by atoms with Crippen LogP contribution in [-0.2, 0) is 4.74 Å². The van der Waals surface area contributed by atoms with E-state index in [9.17, 15) is 4.79 Å². The number of hydrogen-bond acceptors (Lipinski definition) is 3. The van der Waals surface area contributed by atoms with Crippen molar-refractivity contribution in [2.24, 2.45) is 0 Å². The Hall–Kier alpha value is -0.480. The Balaban J connectivity index is 0.00000256. The highest BCUT2D eigenvalue weighted by Gasteiger charge is 2.25. The second kappa shape index (κ2) is 7.07. The fraction of sp³-hybridized carbons (Fsp3) is 0.917. The van der Waals surface area contributed by atoms with Crippen molar-refractivity contribution >= 4 is 18.5 Å². The van der Waals surface area contributed by atoms with Crippen LogP contribution in [0.1, 0.15) is 40.0 Å². The van der Waals surface area contributed by atoms with Gasteiger partial charge in [-0.25, -0.2) is 4.79 Å². The fourth-order valence-electron chi connectivity index (χ4n) is 1.87. The minimum Gasteiger partial charge on any atom is -0.444 e. The summed E-state index contributed by atoms with van der Waals surface area (Å²) in [5, 5.41) is 3.34. The first-order valence-electron chi connectivity index (χ1n) is 6.06. The zero-order chi connectivity index (χ0) is 12.2. The van der Waals surface area contributed by atoms with Gasteiger partial charge in [-0.05, 0) is 53.1 Å². The number of halogens is 1. The van der Waals surface area contributed by atoms with E-state index in [0.717, 1.165) is 32.4 Å². The molecule has 1 unspecified atom stereocenters. The molecule has 1 saturated heterocycles. The predicted molar refractivity (Wildman–Crippen MR) is 71.8 cm³/mol. The molecule has 0 aromatic carbocycles. The SMILES string of the molecule is CN(C(=O)OC(C)(C)C)C1CCCNCC1.Cl. The molecule has 0 aromatic rings. The van der Waals surface area contributed by atoms with Gasteiger partial charge in [0.05, 0.1) is 0 Å². The van der Waals surface area contributed by atoms with Crippen LogP contribution in [0.5, 0.6) is 0 Å². The molecule has 0 aromatic heterocycles. The van der Waals surface area contributed by atoms with Crippen molar-refractivity contribution < 1.29 is 9.53 Å². The Morgan fingerprint density at radius 1 is 1.29 bits per heavy atom. The van der Waals surface area contributed by atoms with Crippen molar-refractivity contribution in [2.45, 2.75) is 51.7 Å². The van der Waals surface area contributed by atoms with Crippen molar-refractivity contribution in [2.75, 3.05) is 20.1 Å². The van der Waals surface area contributed by atoms with Gasteiger partial charge in [-0.3, -0.25) is 0 Å². The van der Waals surface area contributed by atoms with E-state index in [1.165, 1.54) is 0 Å². The normalized spacial score (nSPS) is 21.1. The summed E-state index contributed by atoms with van der Waals surface area (Å²) in [7, 11) is 1.84. The number of hydrogen-bond donors (Lipinski definition) is 1. The van der Waals surface area contributed by atoms with Crippen LogP contribution in [0.4, 0.5) is 4.79 Å². The first kappa shape index (κ1) is 16.5. The van der Waals surface area contributed by atoms with Gasteiger partial charge in [-0.2, -0.15) is 0 Å². The van der Waals surface area contributed by atoms with Crippen molar-refractivity contribution in [1.29, 1.82) is 0 Å². The van der Waals surface area contributed by atoms with E-state index in [1.54, 1.807) is 4.90 Å². The van der Waals surface area contributed by atoms with Gasteiger partial charge in [0.25, 0.3) is 0 Å². The molecule has 0 spiro atoms. The molecule has 1 aliphatic heterocycles. The van der Waals surface area contributed by atoms with Crippen molar-refractivity contribution in [1.82, 2.24) is 10.2 Å². The molecule has 0 saturated carbocycles. The number of carbonyl (C=O) groups is 1. The second-order valence-corrected chi connectivity index (χ2v) is 5.43. The van der Waals surface area contributed by atoms with Crippen LogP contribution >= 0.6 is 12.4 Å². The number of amides is 1. The fourth-order valence-corrected chi connectivity index (χ4v) is 1.87. The van der Waals surface area contributed by atoms with Gasteiger partial charge >= 0.3 is 6.09 Å². The van der Waals surface area contributed by atoms with E-state index in [1.807, 2.05) is 27.8 Å². The summed E-state index contributed by atoms with van der Waals surface area (Å²) < 4.78 is 5.36. The lowest BCUT2D eigenvalue weighted by atomic mass is 10.1. The lowest BCUT2D eigenvalue weighted by Gasteiger charge is -2.30. The summed E-state index contributed by atoms with van der Waals surface area (Å²) in [6.07, 6.45) is 2.98. The average molecular weight is 265 g/mol. The first-order valence-corrected chi connectivity index (χ1v) is 6.06. The molecule has 0 aliphatic carbocycles. The van der Waals surface area contributed by atoms with Crippen molar-refractivity contribution in [3.05, 3.63) is 0 Å². The molecular weight excluding hydrogens is 240 g/mol. The highest BCUT2D eigenvalue weighted by molar-refractivity contribution is 5.85. The molecular formula is C12H25ClN2O2. The molecule has 102 valence electrons. The van der Waals surface area contributed by atoms with E-state index >= 15 is 0 Å². The molecule has 1 atom stereocenters. The van der Waals surface area contributed by atoms with Crippen LogP contribution in [0.15, 0.2) is 0 Å². The third-order valence-electron chi connectivity index (χ3n) is 2.77. The summed E-state index contributed by atoms with van der Waals surface area (Å²) >= 11 is 0. The lowest BCUT2D eigenvalue weighted by molar-refractivity contribution is 0.0211. The largest absolute Gasteiger partial charge is 0.444 e. The standard InChI is InChI=1S/C12H24N2O2.ClH/c1-12(2,3)16-11(15)14(4)10-6-5-8-13-9-7-10;/h10,13H,5-9H2,1-4H3;1H. The van der Waals surface area contributed by atoms with Crippen LogP contribution in [0.25, 0.3) is 0 Å². The summed E-state index contributed by atoms with van der Waals surface area (Å²) in [6.45, 7) is 7.73. The summed E-state index contributed by atoms with van der Waals surface area (Å²) in [6, 6.07) is 0.310. The molecule has 4 nitrogen and oxygen atoms in total. The number of nitrogens with one attached hydrogen (secondary N) is 1. The van der Waals surface area contributed by atoms with E-state index in [0.29, 0.717) is 6.04 Å². The Kier molecular flexibility index (Phi) is 6.87. The van der Waals surface area contributed by atoms with E-state index in [2.05, 4.69) is 5.32 Å². The molecule has 17 heavy (non-hydrogen) atoms. The molecule has 5 heteroatoms. The van der Waals surface area contributed by atoms with Gasteiger partial charge in [0.2, 0.25) is 0 Å². The topological polar surface area (TPSA) is 41.6 Å². The van der Waals surface area contributed by atoms with E-state index in [4.69, 9.17) is 4.74 Å². The zero-order valence-corrected chi connectivity index (χ0v) is 12.1. The molecule has 0 bridgehead atoms. The average Bonchev–Trinajstić information content (AvgIpc) is 2.41. The Bertz CT molecular complexity index is 233. The number of ether oxygens (including phenoxy) is 1. The minimum atomic E-state index is -0.408. The molecule has 1 rings (SSSR count). The van der Waals surface area contributed by atoms with Crippen molar-refractivity contribution in [3.8, 4) is 0 Å².